The first-order valence-electron chi connectivity index (χ1n) is 12.5. The van der Waals surface area contributed by atoms with Gasteiger partial charge in [0, 0.05) is 33.5 Å². The van der Waals surface area contributed by atoms with E-state index in [-0.39, 0.29) is 5.41 Å². The summed E-state index contributed by atoms with van der Waals surface area (Å²) in [6.45, 7) is 6.58. The Morgan fingerprint density at radius 1 is 0.912 bits per heavy atom. The van der Waals surface area contributed by atoms with Crippen LogP contribution in [0.25, 0.3) is 44.5 Å². The van der Waals surface area contributed by atoms with E-state index in [2.05, 4.69) is 75.4 Å². The minimum atomic E-state index is 0.0466. The van der Waals surface area contributed by atoms with Crippen LogP contribution in [0.1, 0.15) is 67.8 Å². The number of fused-ring (bicyclic) bond motifs is 8. The molecule has 2 aliphatic rings. The van der Waals surface area contributed by atoms with Gasteiger partial charge in [-0.15, -0.1) is 0 Å². The van der Waals surface area contributed by atoms with Crippen molar-refractivity contribution in [2.75, 3.05) is 0 Å². The van der Waals surface area contributed by atoms with E-state index in [9.17, 15) is 0 Å². The Morgan fingerprint density at radius 3 is 2.56 bits per heavy atom. The average molecular weight is 445 g/mol. The Bertz CT molecular complexity index is 1600. The molecule has 3 nitrogen and oxygen atoms in total. The average Bonchev–Trinajstić information content (AvgIpc) is 3.54. The summed E-state index contributed by atoms with van der Waals surface area (Å²) >= 11 is 0. The van der Waals surface area contributed by atoms with Gasteiger partial charge in [0.25, 0.3) is 0 Å². The molecule has 1 saturated carbocycles. The molecule has 0 radical (unpaired) electrons. The highest BCUT2D eigenvalue weighted by Gasteiger charge is 2.46. The van der Waals surface area contributed by atoms with E-state index in [0.29, 0.717) is 5.92 Å². The summed E-state index contributed by atoms with van der Waals surface area (Å²) in [5.74, 6) is 0.448. The number of pyridine rings is 2. The van der Waals surface area contributed by atoms with Gasteiger partial charge >= 0.3 is 0 Å². The lowest BCUT2D eigenvalue weighted by molar-refractivity contribution is 0.530. The van der Waals surface area contributed by atoms with Crippen molar-refractivity contribution >= 4 is 22.1 Å². The summed E-state index contributed by atoms with van der Waals surface area (Å²) in [4.78, 5) is 10.0. The Hall–Kier alpha value is -3.46. The largest absolute Gasteiger partial charge is 0.437 e. The first-order chi connectivity index (χ1) is 16.6. The second-order valence-corrected chi connectivity index (χ2v) is 10.4. The monoisotopic (exact) mass is 444 g/mol. The van der Waals surface area contributed by atoms with Crippen molar-refractivity contribution in [2.24, 2.45) is 0 Å². The third-order valence-corrected chi connectivity index (χ3v) is 8.19. The molecule has 1 spiro atoms. The number of aryl methyl sites for hydroxylation is 1. The second-order valence-electron chi connectivity index (χ2n) is 10.4. The fourth-order valence-electron chi connectivity index (χ4n) is 6.44. The standard InChI is InChI=1S/C31H28N2O/c1-18(2)20-12-15-32-26(16-20)27-19(3)10-11-22-24-17-23-21-8-4-5-9-25(21)31(13-6-7-14-31)29(23)33-30(24)34-28(22)27/h4-5,8-12,15-18H,6-7,13-14H2,1-3H3. The highest BCUT2D eigenvalue weighted by molar-refractivity contribution is 6.10. The van der Waals surface area contributed by atoms with Gasteiger partial charge in [0.1, 0.15) is 5.58 Å². The fourth-order valence-corrected chi connectivity index (χ4v) is 6.44. The third kappa shape index (κ3) is 2.58. The molecule has 0 atom stereocenters. The molecule has 0 saturated heterocycles. The zero-order valence-corrected chi connectivity index (χ0v) is 20.0. The molecule has 2 aromatic carbocycles. The molecule has 168 valence electrons. The van der Waals surface area contributed by atoms with Gasteiger partial charge in [0.2, 0.25) is 5.71 Å². The molecule has 3 aromatic heterocycles. The van der Waals surface area contributed by atoms with E-state index in [0.717, 1.165) is 33.3 Å². The smallest absolute Gasteiger partial charge is 0.227 e. The number of furan rings is 1. The predicted molar refractivity (Wildman–Crippen MR) is 138 cm³/mol. The van der Waals surface area contributed by atoms with Crippen LogP contribution < -0.4 is 0 Å². The van der Waals surface area contributed by atoms with E-state index in [1.165, 1.54) is 59.2 Å². The summed E-state index contributed by atoms with van der Waals surface area (Å²) in [5.41, 5.74) is 11.5. The number of rotatable bonds is 2. The maximum atomic E-state index is 6.59. The van der Waals surface area contributed by atoms with Crippen molar-refractivity contribution in [1.29, 1.82) is 0 Å². The number of aromatic nitrogens is 2. The van der Waals surface area contributed by atoms with Gasteiger partial charge in [0.05, 0.1) is 11.4 Å². The first-order valence-corrected chi connectivity index (χ1v) is 12.5. The quantitative estimate of drug-likeness (QED) is 0.275. The lowest BCUT2D eigenvalue weighted by Crippen LogP contribution is -2.21. The minimum Gasteiger partial charge on any atom is -0.437 e. The molecule has 2 aliphatic carbocycles. The predicted octanol–water partition coefficient (Wildman–Crippen LogP) is 8.32. The Kier molecular flexibility index (Phi) is 4.12. The first kappa shape index (κ1) is 20.0. The molecular weight excluding hydrogens is 416 g/mol. The van der Waals surface area contributed by atoms with Crippen molar-refractivity contribution in [3.63, 3.8) is 0 Å². The van der Waals surface area contributed by atoms with Crippen LogP contribution >= 0.6 is 0 Å². The molecule has 0 bridgehead atoms. The van der Waals surface area contributed by atoms with Gasteiger partial charge in [-0.3, -0.25) is 4.98 Å². The van der Waals surface area contributed by atoms with Crippen molar-refractivity contribution in [3.05, 3.63) is 83.2 Å². The molecule has 3 heteroatoms. The molecule has 3 heterocycles. The maximum absolute atomic E-state index is 6.59. The Labute approximate surface area is 199 Å². The van der Waals surface area contributed by atoms with Crippen LogP contribution in [0.5, 0.6) is 0 Å². The topological polar surface area (TPSA) is 38.9 Å². The lowest BCUT2D eigenvalue weighted by atomic mass is 9.79. The molecule has 0 unspecified atom stereocenters. The number of nitrogens with zero attached hydrogens (tertiary/aromatic N) is 2. The van der Waals surface area contributed by atoms with Crippen LogP contribution in [0.3, 0.4) is 0 Å². The SMILES string of the molecule is Cc1ccc2c(oc3nc4c(cc32)-c2ccccc2C42CCCC2)c1-c1cc(C(C)C)ccn1. The molecule has 5 aromatic rings. The van der Waals surface area contributed by atoms with Crippen LogP contribution in [0, 0.1) is 6.92 Å². The van der Waals surface area contributed by atoms with Gasteiger partial charge in [0.15, 0.2) is 0 Å². The summed E-state index contributed by atoms with van der Waals surface area (Å²) in [6, 6.07) is 19.9. The van der Waals surface area contributed by atoms with Crippen LogP contribution in [0.4, 0.5) is 0 Å². The zero-order chi connectivity index (χ0) is 23.0. The van der Waals surface area contributed by atoms with E-state index in [1.807, 2.05) is 6.20 Å². The molecular formula is C31H28N2O. The molecule has 34 heavy (non-hydrogen) atoms. The number of hydrogen-bond acceptors (Lipinski definition) is 3. The number of hydrogen-bond donors (Lipinski definition) is 0. The molecule has 1 fully saturated rings. The number of benzene rings is 2. The van der Waals surface area contributed by atoms with Crippen molar-refractivity contribution in [3.8, 4) is 22.4 Å². The lowest BCUT2D eigenvalue weighted by Gasteiger charge is -2.24. The second kappa shape index (κ2) is 7.02. The van der Waals surface area contributed by atoms with Gasteiger partial charge in [-0.2, -0.15) is 0 Å². The Morgan fingerprint density at radius 2 is 1.74 bits per heavy atom. The highest BCUT2D eigenvalue weighted by atomic mass is 16.3. The van der Waals surface area contributed by atoms with Gasteiger partial charge in [-0.25, -0.2) is 4.98 Å². The van der Waals surface area contributed by atoms with E-state index in [4.69, 9.17) is 14.4 Å². The van der Waals surface area contributed by atoms with Crippen molar-refractivity contribution < 1.29 is 4.42 Å². The third-order valence-electron chi connectivity index (χ3n) is 8.19. The van der Waals surface area contributed by atoms with E-state index < -0.39 is 0 Å². The zero-order valence-electron chi connectivity index (χ0n) is 20.0. The Balaban J connectivity index is 1.52. The van der Waals surface area contributed by atoms with Gasteiger partial charge in [-0.05, 0) is 66.1 Å². The molecule has 0 amide bonds. The van der Waals surface area contributed by atoms with E-state index >= 15 is 0 Å². The summed E-state index contributed by atoms with van der Waals surface area (Å²) in [5, 5.41) is 2.22. The highest BCUT2D eigenvalue weighted by Crippen LogP contribution is 2.57. The van der Waals surface area contributed by atoms with Gasteiger partial charge < -0.3 is 4.42 Å². The molecule has 0 N–H and O–H groups in total. The normalized spacial score (nSPS) is 16.1. The fraction of sp³-hybridized carbons (Fsp3) is 0.290. The van der Waals surface area contributed by atoms with Gasteiger partial charge in [-0.1, -0.05) is 63.1 Å². The van der Waals surface area contributed by atoms with Crippen molar-refractivity contribution in [2.45, 2.75) is 57.8 Å². The van der Waals surface area contributed by atoms with E-state index in [1.54, 1.807) is 0 Å². The van der Waals surface area contributed by atoms with Crippen molar-refractivity contribution in [1.82, 2.24) is 9.97 Å². The van der Waals surface area contributed by atoms with Crippen LogP contribution in [-0.4, -0.2) is 9.97 Å². The van der Waals surface area contributed by atoms with Crippen LogP contribution in [-0.2, 0) is 5.41 Å². The molecule has 0 aliphatic heterocycles. The summed E-state index contributed by atoms with van der Waals surface area (Å²) < 4.78 is 6.59. The maximum Gasteiger partial charge on any atom is 0.227 e. The minimum absolute atomic E-state index is 0.0466. The van der Waals surface area contributed by atoms with Crippen LogP contribution in [0.15, 0.2) is 65.2 Å². The summed E-state index contributed by atoms with van der Waals surface area (Å²) in [6.07, 6.45) is 6.78. The van der Waals surface area contributed by atoms with Crippen LogP contribution in [0.2, 0.25) is 0 Å². The summed E-state index contributed by atoms with van der Waals surface area (Å²) in [7, 11) is 0. The molecule has 7 rings (SSSR count).